The van der Waals surface area contributed by atoms with Gasteiger partial charge < -0.3 is 0 Å². The highest BCUT2D eigenvalue weighted by atomic mass is 15.1. The van der Waals surface area contributed by atoms with Crippen LogP contribution in [0.2, 0.25) is 0 Å². The summed E-state index contributed by atoms with van der Waals surface area (Å²) in [6.07, 6.45) is 4.65. The van der Waals surface area contributed by atoms with E-state index in [0.29, 0.717) is 27.1 Å². The van der Waals surface area contributed by atoms with E-state index in [1.807, 2.05) is 0 Å². The van der Waals surface area contributed by atoms with Gasteiger partial charge in [0.05, 0.1) is 0 Å². The maximum atomic E-state index is 2.75. The first kappa shape index (κ1) is 12.4. The first-order valence-electron chi connectivity index (χ1n) is 9.58. The van der Waals surface area contributed by atoms with Crippen molar-refractivity contribution in [2.24, 2.45) is 62.1 Å². The predicted octanol–water partition coefficient (Wildman–Crippen LogP) is 5.38. The SMILES string of the molecule is CC1CC2(C)C1C1C3C45CC(C)C4(C)C(C)(C5)C3(C)C12C. The van der Waals surface area contributed by atoms with Crippen LogP contribution in [0.4, 0.5) is 0 Å². The molecular weight excluding hydrogens is 252 g/mol. The normalized spacial score (nSPS) is 85.0. The summed E-state index contributed by atoms with van der Waals surface area (Å²) >= 11 is 0. The van der Waals surface area contributed by atoms with E-state index in [4.69, 9.17) is 0 Å². The lowest BCUT2D eigenvalue weighted by Gasteiger charge is -2.90. The second-order valence-corrected chi connectivity index (χ2v) is 11.5. The lowest BCUT2D eigenvalue weighted by molar-refractivity contribution is -0.432. The van der Waals surface area contributed by atoms with Crippen molar-refractivity contribution in [3.63, 3.8) is 0 Å². The summed E-state index contributed by atoms with van der Waals surface area (Å²) in [4.78, 5) is 0. The standard InChI is InChI=1S/C21H32/c1-11-8-16(3)13(11)14-15-20(7,19(14,16)6)17(4)10-21(15)9-12(2)18(17,21)5/h11-15H,8-10H2,1-7H3. The van der Waals surface area contributed by atoms with Crippen molar-refractivity contribution < 1.29 is 0 Å². The van der Waals surface area contributed by atoms with Gasteiger partial charge in [0.25, 0.3) is 0 Å². The lowest BCUT2D eigenvalue weighted by atomic mass is 9.14. The molecule has 6 rings (SSSR count). The second-order valence-electron chi connectivity index (χ2n) is 11.5. The number of hydrogen-bond donors (Lipinski definition) is 0. The van der Waals surface area contributed by atoms with E-state index < -0.39 is 0 Å². The molecule has 0 heterocycles. The summed E-state index contributed by atoms with van der Waals surface area (Å²) in [5.74, 6) is 5.25. The van der Waals surface area contributed by atoms with E-state index in [2.05, 4.69) is 48.5 Å². The summed E-state index contributed by atoms with van der Waals surface area (Å²) in [5.41, 5.74) is 4.10. The van der Waals surface area contributed by atoms with Crippen molar-refractivity contribution in [3.05, 3.63) is 0 Å². The molecule has 21 heavy (non-hydrogen) atoms. The van der Waals surface area contributed by atoms with Gasteiger partial charge in [0.2, 0.25) is 0 Å². The largest absolute Gasteiger partial charge is 0.0622 e. The third-order valence-electron chi connectivity index (χ3n) is 12.6. The van der Waals surface area contributed by atoms with E-state index in [1.165, 1.54) is 6.42 Å². The van der Waals surface area contributed by atoms with Gasteiger partial charge in [-0.3, -0.25) is 0 Å². The fourth-order valence-electron chi connectivity index (χ4n) is 11.9. The molecule has 0 amide bonds. The minimum atomic E-state index is 0.639. The Morgan fingerprint density at radius 1 is 0.762 bits per heavy atom. The monoisotopic (exact) mass is 284 g/mol. The maximum absolute atomic E-state index is 2.75. The van der Waals surface area contributed by atoms with Crippen molar-refractivity contribution in [2.45, 2.75) is 67.7 Å². The maximum Gasteiger partial charge on any atom is -0.0167 e. The van der Waals surface area contributed by atoms with Gasteiger partial charge in [-0.2, -0.15) is 0 Å². The summed E-state index contributed by atoms with van der Waals surface area (Å²) < 4.78 is 0. The van der Waals surface area contributed by atoms with Crippen LogP contribution in [-0.4, -0.2) is 0 Å². The van der Waals surface area contributed by atoms with E-state index in [9.17, 15) is 0 Å². The fraction of sp³-hybridized carbons (Fsp3) is 1.00. The highest BCUT2D eigenvalue weighted by Gasteiger charge is 3.03. The smallest absolute Gasteiger partial charge is 0.0167 e. The average Bonchev–Trinajstić information content (AvgIpc) is 2.66. The van der Waals surface area contributed by atoms with Crippen molar-refractivity contribution in [2.75, 3.05) is 0 Å². The van der Waals surface area contributed by atoms with Crippen molar-refractivity contribution >= 4 is 0 Å². The van der Waals surface area contributed by atoms with Gasteiger partial charge in [-0.25, -0.2) is 0 Å². The zero-order valence-corrected chi connectivity index (χ0v) is 15.0. The van der Waals surface area contributed by atoms with E-state index in [0.717, 1.165) is 35.0 Å². The van der Waals surface area contributed by atoms with E-state index in [1.54, 1.807) is 12.8 Å². The van der Waals surface area contributed by atoms with Crippen LogP contribution < -0.4 is 0 Å². The van der Waals surface area contributed by atoms with Gasteiger partial charge in [0.1, 0.15) is 0 Å². The van der Waals surface area contributed by atoms with Crippen LogP contribution in [0.1, 0.15) is 67.7 Å². The first-order chi connectivity index (χ1) is 9.58. The molecule has 0 spiro atoms. The van der Waals surface area contributed by atoms with Gasteiger partial charge in [0, 0.05) is 0 Å². The number of rotatable bonds is 0. The highest BCUT2D eigenvalue weighted by molar-refractivity contribution is 5.50. The molecule has 0 aromatic rings. The summed E-state index contributed by atoms with van der Waals surface area (Å²) in [5, 5.41) is 0. The summed E-state index contributed by atoms with van der Waals surface area (Å²) in [6, 6.07) is 0. The molecule has 0 nitrogen and oxygen atoms in total. The molecule has 0 radical (unpaired) electrons. The molecule has 11 atom stereocenters. The highest BCUT2D eigenvalue weighted by Crippen LogP contribution is 3.07. The minimum Gasteiger partial charge on any atom is -0.0622 e. The Morgan fingerprint density at radius 2 is 1.43 bits per heavy atom. The quantitative estimate of drug-likeness (QED) is 0.560. The van der Waals surface area contributed by atoms with Gasteiger partial charge in [-0.1, -0.05) is 48.5 Å². The molecular formula is C21H32. The van der Waals surface area contributed by atoms with E-state index in [-0.39, 0.29) is 0 Å². The molecule has 116 valence electrons. The molecule has 6 fully saturated rings. The topological polar surface area (TPSA) is 0 Å². The Labute approximate surface area is 130 Å². The summed E-state index contributed by atoms with van der Waals surface area (Å²) in [6.45, 7) is 18.7. The molecule has 6 aliphatic carbocycles. The molecule has 0 aromatic carbocycles. The third kappa shape index (κ3) is 0.611. The van der Waals surface area contributed by atoms with Crippen LogP contribution in [0.5, 0.6) is 0 Å². The zero-order chi connectivity index (χ0) is 15.0. The molecule has 0 heteroatoms. The zero-order valence-electron chi connectivity index (χ0n) is 15.0. The average molecular weight is 284 g/mol. The van der Waals surface area contributed by atoms with Gasteiger partial charge in [-0.15, -0.1) is 0 Å². The van der Waals surface area contributed by atoms with Crippen LogP contribution in [-0.2, 0) is 0 Å². The van der Waals surface area contributed by atoms with Crippen LogP contribution >= 0.6 is 0 Å². The van der Waals surface area contributed by atoms with Gasteiger partial charge >= 0.3 is 0 Å². The molecule has 2 bridgehead atoms. The predicted molar refractivity (Wildman–Crippen MR) is 85.6 cm³/mol. The van der Waals surface area contributed by atoms with Crippen LogP contribution in [0.15, 0.2) is 0 Å². The molecule has 0 aromatic heterocycles. The van der Waals surface area contributed by atoms with Crippen LogP contribution in [0.3, 0.4) is 0 Å². The summed E-state index contributed by atoms with van der Waals surface area (Å²) in [7, 11) is 0. The Morgan fingerprint density at radius 3 is 2.00 bits per heavy atom. The van der Waals surface area contributed by atoms with Crippen LogP contribution in [0, 0.1) is 62.1 Å². The van der Waals surface area contributed by atoms with Crippen molar-refractivity contribution in [3.8, 4) is 0 Å². The molecule has 6 aliphatic rings. The Bertz CT molecular complexity index is 622. The van der Waals surface area contributed by atoms with Gasteiger partial charge in [0.15, 0.2) is 0 Å². The molecule has 0 saturated heterocycles. The molecule has 11 unspecified atom stereocenters. The van der Waals surface area contributed by atoms with Crippen LogP contribution in [0.25, 0.3) is 0 Å². The Hall–Kier alpha value is 0. The molecule has 0 aliphatic heterocycles. The number of fused-ring (bicyclic) bond motifs is 8. The minimum absolute atomic E-state index is 0.639. The Kier molecular flexibility index (Phi) is 1.47. The van der Waals surface area contributed by atoms with E-state index >= 15 is 0 Å². The lowest BCUT2D eigenvalue weighted by Crippen LogP contribution is -2.86. The third-order valence-corrected chi connectivity index (χ3v) is 12.6. The van der Waals surface area contributed by atoms with Crippen molar-refractivity contribution in [1.29, 1.82) is 0 Å². The number of hydrogen-bond acceptors (Lipinski definition) is 0. The fourth-order valence-corrected chi connectivity index (χ4v) is 11.9. The molecule has 6 saturated carbocycles. The van der Waals surface area contributed by atoms with Gasteiger partial charge in [-0.05, 0) is 81.3 Å². The van der Waals surface area contributed by atoms with Crippen molar-refractivity contribution in [1.82, 2.24) is 0 Å². The first-order valence-corrected chi connectivity index (χ1v) is 9.58. The molecule has 0 N–H and O–H groups in total. The Balaban J connectivity index is 1.58. The second kappa shape index (κ2) is 2.48.